The third kappa shape index (κ3) is 7.94. The maximum atomic E-state index is 14.3. The number of carbonyl (C=O) groups excluding carboxylic acids is 2. The molecule has 2 heterocycles. The molecule has 1 aliphatic heterocycles. The number of alkyl halides is 3. The summed E-state index contributed by atoms with van der Waals surface area (Å²) in [4.78, 5) is 42.8. The minimum Gasteiger partial charge on any atom is -0.481 e. The Morgan fingerprint density at radius 2 is 1.77 bits per heavy atom. The highest BCUT2D eigenvalue weighted by Gasteiger charge is 2.42. The molecule has 2 aliphatic rings. The van der Waals surface area contributed by atoms with Crippen LogP contribution in [0.5, 0.6) is 0 Å². The number of nitrogens with one attached hydrogen (secondary N) is 2. The quantitative estimate of drug-likeness (QED) is 0.193. The number of rotatable bonds is 10. The number of amides is 1. The number of halogens is 5. The Hall–Kier alpha value is -2.70. The Kier molecular flexibility index (Phi) is 10.2. The van der Waals surface area contributed by atoms with Crippen molar-refractivity contribution in [1.82, 2.24) is 15.2 Å². The Labute approximate surface area is 239 Å². The van der Waals surface area contributed by atoms with Gasteiger partial charge in [0.2, 0.25) is 0 Å². The fraction of sp³-hybridized carbons (Fsp3) is 0.577. The molecule has 9 nitrogen and oxygen atoms in total. The molecule has 1 aliphatic carbocycles. The number of hydrogen-bond acceptors (Lipinski definition) is 7. The van der Waals surface area contributed by atoms with E-state index in [9.17, 15) is 32.7 Å². The van der Waals surface area contributed by atoms with E-state index in [1.807, 2.05) is 13.8 Å². The van der Waals surface area contributed by atoms with Crippen molar-refractivity contribution in [3.63, 3.8) is 0 Å². The zero-order chi connectivity index (χ0) is 29.8. The Morgan fingerprint density at radius 3 is 2.25 bits per heavy atom. The number of Topliss-reactive ketones (excluding diaryl/α,β-unsaturated/α-hetero) is 1. The summed E-state index contributed by atoms with van der Waals surface area (Å²) in [5, 5.41) is 19.1. The number of carbonyl (C=O) groups is 3. The molecule has 1 saturated carbocycles. The molecule has 3 N–H and O–H groups in total. The predicted octanol–water partition coefficient (Wildman–Crippen LogP) is 5.06. The van der Waals surface area contributed by atoms with Crippen molar-refractivity contribution in [3.8, 4) is 0 Å². The SMILES string of the molecule is CC1(C)CC[C@@H](CN(CC(=O)c2c(Cl)cncc2Cl)C(=O)/C(C=N)=C(/N[C@H]2CC[C@H](C(=O)O)CC2)C(F)(F)F)O1. The molecular formula is C26H31Cl2F3N4O5. The lowest BCUT2D eigenvalue weighted by Crippen LogP contribution is -2.45. The first-order chi connectivity index (χ1) is 18.6. The third-order valence-electron chi connectivity index (χ3n) is 7.08. The molecule has 1 atom stereocenters. The number of carboxylic acids is 1. The summed E-state index contributed by atoms with van der Waals surface area (Å²) in [6.07, 6.45) is -1.15. The topological polar surface area (TPSA) is 133 Å². The smallest absolute Gasteiger partial charge is 0.431 e. The van der Waals surface area contributed by atoms with Crippen LogP contribution in [0.1, 0.15) is 62.7 Å². The monoisotopic (exact) mass is 606 g/mol. The van der Waals surface area contributed by atoms with E-state index in [0.29, 0.717) is 19.1 Å². The first-order valence-corrected chi connectivity index (χ1v) is 13.5. The van der Waals surface area contributed by atoms with Gasteiger partial charge in [0, 0.05) is 31.2 Å². The number of carboxylic acid groups (broad SMARTS) is 1. The first kappa shape index (κ1) is 31.8. The van der Waals surface area contributed by atoms with E-state index >= 15 is 0 Å². The fourth-order valence-electron chi connectivity index (χ4n) is 5.01. The standard InChI is InChI=1S/C26H31Cl2F3N4O5/c1-25(2)8-7-16(40-25)12-35(13-20(36)21-18(27)10-33-11-19(21)28)23(37)17(9-32)22(26(29,30)31)34-15-5-3-14(4-6-15)24(38)39/h9-11,14-16,32,34H,3-8,12-13H2,1-2H3,(H,38,39)/b22-17+,32-9?/t14-,15-,16-/m0/s1. The maximum absolute atomic E-state index is 14.3. The van der Waals surface area contributed by atoms with Crippen LogP contribution in [-0.4, -0.2) is 75.9 Å². The molecule has 2 fully saturated rings. The summed E-state index contributed by atoms with van der Waals surface area (Å²) in [5.41, 5.74) is -3.05. The molecule has 40 heavy (non-hydrogen) atoms. The van der Waals surface area contributed by atoms with Gasteiger partial charge in [0.05, 0.1) is 45.3 Å². The molecule has 14 heteroatoms. The van der Waals surface area contributed by atoms with Gasteiger partial charge in [0.25, 0.3) is 5.91 Å². The molecule has 1 aromatic rings. The van der Waals surface area contributed by atoms with E-state index in [-0.39, 0.29) is 47.8 Å². The van der Waals surface area contributed by atoms with Gasteiger partial charge in [-0.3, -0.25) is 19.4 Å². The largest absolute Gasteiger partial charge is 0.481 e. The number of pyridine rings is 1. The summed E-state index contributed by atoms with van der Waals surface area (Å²) in [5.74, 6) is -3.57. The van der Waals surface area contributed by atoms with Crippen molar-refractivity contribution in [3.05, 3.63) is 39.3 Å². The van der Waals surface area contributed by atoms with Gasteiger partial charge in [-0.25, -0.2) is 0 Å². The van der Waals surface area contributed by atoms with Gasteiger partial charge < -0.3 is 25.5 Å². The lowest BCUT2D eigenvalue weighted by Gasteiger charge is -2.31. The predicted molar refractivity (Wildman–Crippen MR) is 142 cm³/mol. The highest BCUT2D eigenvalue weighted by atomic mass is 35.5. The third-order valence-corrected chi connectivity index (χ3v) is 7.66. The average molecular weight is 607 g/mol. The van der Waals surface area contributed by atoms with Crippen LogP contribution in [0.15, 0.2) is 23.7 Å². The number of ketones is 1. The second-order valence-corrected chi connectivity index (χ2v) is 11.4. The van der Waals surface area contributed by atoms with Crippen molar-refractivity contribution in [1.29, 1.82) is 5.41 Å². The lowest BCUT2D eigenvalue weighted by molar-refractivity contribution is -0.143. The summed E-state index contributed by atoms with van der Waals surface area (Å²) in [7, 11) is 0. The normalized spacial score (nSPS) is 23.2. The van der Waals surface area contributed by atoms with Gasteiger partial charge in [0.1, 0.15) is 5.70 Å². The van der Waals surface area contributed by atoms with Crippen LogP contribution < -0.4 is 5.32 Å². The number of hydrogen-bond donors (Lipinski definition) is 3. The Morgan fingerprint density at radius 1 is 1.18 bits per heavy atom. The number of allylic oxidation sites excluding steroid dienone is 1. The molecule has 3 rings (SSSR count). The van der Waals surface area contributed by atoms with Crippen LogP contribution in [-0.2, 0) is 14.3 Å². The molecule has 1 saturated heterocycles. The van der Waals surface area contributed by atoms with Crippen molar-refractivity contribution >= 4 is 47.1 Å². The van der Waals surface area contributed by atoms with Crippen molar-refractivity contribution < 1.29 is 37.4 Å². The second kappa shape index (κ2) is 12.9. The lowest BCUT2D eigenvalue weighted by atomic mass is 9.86. The molecule has 0 spiro atoms. The molecule has 1 amide bonds. The van der Waals surface area contributed by atoms with Crippen LogP contribution in [0.3, 0.4) is 0 Å². The van der Waals surface area contributed by atoms with E-state index in [4.69, 9.17) is 33.3 Å². The summed E-state index contributed by atoms with van der Waals surface area (Å²) in [6.45, 7) is 2.80. The highest BCUT2D eigenvalue weighted by Crippen LogP contribution is 2.33. The summed E-state index contributed by atoms with van der Waals surface area (Å²) >= 11 is 12.2. The molecule has 1 aromatic heterocycles. The molecule has 0 radical (unpaired) electrons. The van der Waals surface area contributed by atoms with Gasteiger partial charge in [-0.2, -0.15) is 13.2 Å². The van der Waals surface area contributed by atoms with Crippen molar-refractivity contribution in [2.24, 2.45) is 5.92 Å². The number of aliphatic carboxylic acids is 1. The second-order valence-electron chi connectivity index (χ2n) is 10.6. The molecule has 0 unspecified atom stereocenters. The van der Waals surface area contributed by atoms with E-state index in [1.165, 1.54) is 12.4 Å². The number of ether oxygens (including phenoxy) is 1. The van der Waals surface area contributed by atoms with Crippen LogP contribution in [0.2, 0.25) is 10.0 Å². The van der Waals surface area contributed by atoms with Crippen LogP contribution >= 0.6 is 23.2 Å². The van der Waals surface area contributed by atoms with E-state index in [0.717, 1.165) is 4.90 Å². The Balaban J connectivity index is 1.94. The van der Waals surface area contributed by atoms with Crippen LogP contribution in [0.4, 0.5) is 13.2 Å². The van der Waals surface area contributed by atoms with Crippen molar-refractivity contribution in [2.45, 2.75) is 76.3 Å². The maximum Gasteiger partial charge on any atom is 0.431 e. The van der Waals surface area contributed by atoms with Gasteiger partial charge in [-0.05, 0) is 52.4 Å². The van der Waals surface area contributed by atoms with E-state index < -0.39 is 65.3 Å². The van der Waals surface area contributed by atoms with Crippen molar-refractivity contribution in [2.75, 3.05) is 13.1 Å². The Bertz CT molecular complexity index is 1160. The number of aromatic nitrogens is 1. The molecule has 0 aromatic carbocycles. The van der Waals surface area contributed by atoms with E-state index in [2.05, 4.69) is 10.3 Å². The minimum absolute atomic E-state index is 0.0828. The van der Waals surface area contributed by atoms with Crippen LogP contribution in [0.25, 0.3) is 0 Å². The molecule has 220 valence electrons. The zero-order valence-electron chi connectivity index (χ0n) is 22.0. The van der Waals surface area contributed by atoms with E-state index in [1.54, 1.807) is 0 Å². The van der Waals surface area contributed by atoms with Gasteiger partial charge >= 0.3 is 12.1 Å². The zero-order valence-corrected chi connectivity index (χ0v) is 23.5. The van der Waals surface area contributed by atoms with Gasteiger partial charge in [0.15, 0.2) is 5.78 Å². The van der Waals surface area contributed by atoms with Gasteiger partial charge in [-0.15, -0.1) is 0 Å². The van der Waals surface area contributed by atoms with Gasteiger partial charge in [-0.1, -0.05) is 23.2 Å². The minimum atomic E-state index is -5.04. The average Bonchev–Trinajstić information content (AvgIpc) is 3.20. The molecule has 0 bridgehead atoms. The number of nitrogens with zero attached hydrogens (tertiary/aromatic N) is 2. The molecular weight excluding hydrogens is 576 g/mol. The summed E-state index contributed by atoms with van der Waals surface area (Å²) < 4.78 is 48.7. The fourth-order valence-corrected chi connectivity index (χ4v) is 5.59. The highest BCUT2D eigenvalue weighted by molar-refractivity contribution is 6.39. The summed E-state index contributed by atoms with van der Waals surface area (Å²) in [6, 6.07) is -0.751. The first-order valence-electron chi connectivity index (χ1n) is 12.7. The van der Waals surface area contributed by atoms with Crippen LogP contribution in [0, 0.1) is 11.3 Å².